The predicted octanol–water partition coefficient (Wildman–Crippen LogP) is 12.2. The highest BCUT2D eigenvalue weighted by atomic mass is 32.1. The van der Waals surface area contributed by atoms with E-state index in [1.165, 1.54) is 58.9 Å². The van der Waals surface area contributed by atoms with Gasteiger partial charge in [0.1, 0.15) is 29.2 Å². The number of nitrogens with zero attached hydrogens (tertiary/aromatic N) is 4. The minimum Gasteiger partial charge on any atom is -0.495 e. The highest BCUT2D eigenvalue weighted by Gasteiger charge is 2.49. The molecule has 0 amide bonds. The molecule has 6 nitrogen and oxygen atoms in total. The summed E-state index contributed by atoms with van der Waals surface area (Å²) in [5.74, 6) is 1.52. The second-order valence-corrected chi connectivity index (χ2v) is 17.9. The Labute approximate surface area is 300 Å². The average molecular weight is 735 g/mol. The summed E-state index contributed by atoms with van der Waals surface area (Å²) < 4.78 is 16.9. The van der Waals surface area contributed by atoms with E-state index in [1.807, 2.05) is 75.7 Å². The van der Waals surface area contributed by atoms with Crippen molar-refractivity contribution in [3.8, 4) is 59.0 Å². The third kappa shape index (κ3) is 4.68. The Kier molecular flexibility index (Phi) is 7.78. The van der Waals surface area contributed by atoms with Gasteiger partial charge in [-0.2, -0.15) is 10.5 Å². The fraction of sp³-hybridized carbons (Fsp3) is 0.222. The van der Waals surface area contributed by atoms with E-state index in [1.54, 1.807) is 49.0 Å². The van der Waals surface area contributed by atoms with Crippen LogP contribution in [0.15, 0.2) is 35.5 Å². The summed E-state index contributed by atoms with van der Waals surface area (Å²) in [6.45, 7) is 7.27. The van der Waals surface area contributed by atoms with Crippen LogP contribution >= 0.6 is 68.0 Å². The lowest BCUT2D eigenvalue weighted by atomic mass is 9.68. The molecule has 8 rings (SSSR count). The summed E-state index contributed by atoms with van der Waals surface area (Å²) in [5.41, 5.74) is 3.13. The third-order valence-corrected chi connectivity index (χ3v) is 16.4. The SMILES string of the molecule is [C-]#[N+]/C(C#N)=C/c1cc(OC)c(-c2cc3sc4c(c3s2)C2(CCCCC2)c2c-4sc3cc(-c4sc(C=C(C#N)C#N)cc4OC)sc23)s1. The standard InChI is InChI=1S/C36H22N4O2S6/c1-40-19(17-39)10-21-12-23(42-3)31(44-21)25-14-27-33(46-25)29-35(48-27)34-28(36(29)7-5-4-6-8-36)32-26(47-34)13-24(45-32)30-22(41-2)11-20(43-30)9-18(15-37)16-38/h9-14H,4-8H2,2-3H3/b19-10+. The number of hydrogen-bond donors (Lipinski definition) is 0. The number of hydrogen-bond acceptors (Lipinski definition) is 11. The van der Waals surface area contributed by atoms with Crippen molar-refractivity contribution in [2.45, 2.75) is 37.5 Å². The fourth-order valence-electron chi connectivity index (χ4n) is 7.00. The molecule has 6 aromatic heterocycles. The summed E-state index contributed by atoms with van der Waals surface area (Å²) >= 11 is 10.6. The van der Waals surface area contributed by atoms with Gasteiger partial charge in [-0.25, -0.2) is 10.1 Å². The lowest BCUT2D eigenvalue weighted by Gasteiger charge is -2.35. The summed E-state index contributed by atoms with van der Waals surface area (Å²) in [7, 11) is 3.33. The first-order valence-corrected chi connectivity index (χ1v) is 19.9. The van der Waals surface area contributed by atoms with Crippen LogP contribution in [0.1, 0.15) is 53.0 Å². The van der Waals surface area contributed by atoms with Gasteiger partial charge in [0.25, 0.3) is 5.70 Å². The normalized spacial score (nSPS) is 14.7. The van der Waals surface area contributed by atoms with Gasteiger partial charge in [-0.1, -0.05) is 19.3 Å². The van der Waals surface area contributed by atoms with E-state index in [2.05, 4.69) is 17.0 Å². The topological polar surface area (TPSA) is 94.2 Å². The molecular weight excluding hydrogens is 713 g/mol. The maximum Gasteiger partial charge on any atom is 0.263 e. The van der Waals surface area contributed by atoms with Crippen LogP contribution < -0.4 is 9.47 Å². The van der Waals surface area contributed by atoms with Gasteiger partial charge in [0.15, 0.2) is 0 Å². The summed E-state index contributed by atoms with van der Waals surface area (Å²) in [6, 6.07) is 14.3. The quantitative estimate of drug-likeness (QED) is 0.125. The number of fused-ring (bicyclic) bond motifs is 9. The molecule has 0 atom stereocenters. The molecule has 0 N–H and O–H groups in total. The largest absolute Gasteiger partial charge is 0.495 e. The van der Waals surface area contributed by atoms with Crippen molar-refractivity contribution in [3.05, 3.63) is 67.8 Å². The van der Waals surface area contributed by atoms with Crippen molar-refractivity contribution < 1.29 is 9.47 Å². The molecule has 48 heavy (non-hydrogen) atoms. The molecule has 12 heteroatoms. The lowest BCUT2D eigenvalue weighted by Crippen LogP contribution is -2.27. The Morgan fingerprint density at radius 2 is 1.23 bits per heavy atom. The molecule has 234 valence electrons. The molecule has 0 unspecified atom stereocenters. The molecule has 0 aromatic carbocycles. The maximum atomic E-state index is 9.29. The van der Waals surface area contributed by atoms with Gasteiger partial charge < -0.3 is 9.47 Å². The molecule has 0 aliphatic heterocycles. The number of methoxy groups -OCH3 is 2. The minimum atomic E-state index is -0.0175. The molecule has 1 spiro atoms. The van der Waals surface area contributed by atoms with Gasteiger partial charge in [-0.15, -0.1) is 68.0 Å². The second-order valence-electron chi connectivity index (χ2n) is 11.5. The lowest BCUT2D eigenvalue weighted by molar-refractivity contribution is 0.358. The Balaban J connectivity index is 1.25. The Hall–Kier alpha value is -4.24. The van der Waals surface area contributed by atoms with E-state index >= 15 is 0 Å². The molecule has 0 bridgehead atoms. The monoisotopic (exact) mass is 734 g/mol. The van der Waals surface area contributed by atoms with Crippen LogP contribution in [0.5, 0.6) is 11.5 Å². The van der Waals surface area contributed by atoms with Gasteiger partial charge in [-0.3, -0.25) is 0 Å². The number of thiophene rings is 6. The molecular formula is C36H22N4O2S6. The zero-order valence-electron chi connectivity index (χ0n) is 25.6. The van der Waals surface area contributed by atoms with Crippen molar-refractivity contribution in [1.29, 1.82) is 15.8 Å². The van der Waals surface area contributed by atoms with E-state index in [9.17, 15) is 15.8 Å². The molecule has 6 heterocycles. The third-order valence-electron chi connectivity index (χ3n) is 8.96. The molecule has 1 fully saturated rings. The van der Waals surface area contributed by atoms with Gasteiger partial charge >= 0.3 is 0 Å². The minimum absolute atomic E-state index is 0.0175. The van der Waals surface area contributed by atoms with Crippen LogP contribution in [0, 0.1) is 40.6 Å². The molecule has 0 radical (unpaired) electrons. The number of ether oxygens (including phenoxy) is 2. The van der Waals surface area contributed by atoms with Crippen LogP contribution in [0.2, 0.25) is 0 Å². The highest BCUT2D eigenvalue weighted by Crippen LogP contribution is 2.67. The average Bonchev–Trinajstić information content (AvgIpc) is 3.95. The Bertz CT molecular complexity index is 2330. The van der Waals surface area contributed by atoms with Gasteiger partial charge in [0.2, 0.25) is 0 Å². The first-order chi connectivity index (χ1) is 23.4. The Morgan fingerprint density at radius 1 is 0.708 bits per heavy atom. The van der Waals surface area contributed by atoms with E-state index in [-0.39, 0.29) is 16.7 Å². The van der Waals surface area contributed by atoms with Crippen molar-refractivity contribution >= 4 is 99.0 Å². The first-order valence-electron chi connectivity index (χ1n) is 15.0. The van der Waals surface area contributed by atoms with E-state index < -0.39 is 0 Å². The van der Waals surface area contributed by atoms with Crippen LogP contribution in [0.4, 0.5) is 0 Å². The molecule has 0 saturated heterocycles. The van der Waals surface area contributed by atoms with Crippen LogP contribution in [-0.4, -0.2) is 14.2 Å². The Morgan fingerprint density at radius 3 is 1.69 bits per heavy atom. The van der Waals surface area contributed by atoms with Gasteiger partial charge in [0.05, 0.1) is 65.5 Å². The maximum absolute atomic E-state index is 9.29. The molecule has 6 aromatic rings. The molecule has 2 aliphatic carbocycles. The second kappa shape index (κ2) is 12.0. The van der Waals surface area contributed by atoms with Gasteiger partial charge in [-0.05, 0) is 49.3 Å². The molecule has 1 saturated carbocycles. The van der Waals surface area contributed by atoms with Crippen molar-refractivity contribution in [2.75, 3.05) is 14.2 Å². The highest BCUT2D eigenvalue weighted by molar-refractivity contribution is 7.36. The zero-order valence-corrected chi connectivity index (χ0v) is 30.5. The van der Waals surface area contributed by atoms with Crippen molar-refractivity contribution in [2.24, 2.45) is 0 Å². The summed E-state index contributed by atoms with van der Waals surface area (Å²) in [4.78, 5) is 12.2. The number of allylic oxidation sites excluding steroid dienone is 2. The first kappa shape index (κ1) is 31.1. The summed E-state index contributed by atoms with van der Waals surface area (Å²) in [5, 5.41) is 27.8. The van der Waals surface area contributed by atoms with Crippen LogP contribution in [0.3, 0.4) is 0 Å². The van der Waals surface area contributed by atoms with E-state index in [4.69, 9.17) is 16.0 Å². The van der Waals surface area contributed by atoms with Gasteiger partial charge in [0, 0.05) is 35.7 Å². The molecule has 2 aliphatic rings. The number of rotatable bonds is 6. The van der Waals surface area contributed by atoms with Crippen molar-refractivity contribution in [3.63, 3.8) is 0 Å². The smallest absolute Gasteiger partial charge is 0.263 e. The van der Waals surface area contributed by atoms with Crippen molar-refractivity contribution in [1.82, 2.24) is 0 Å². The zero-order chi connectivity index (χ0) is 33.2. The number of nitriles is 3. The predicted molar refractivity (Wildman–Crippen MR) is 201 cm³/mol. The fourth-order valence-corrected chi connectivity index (χ4v) is 15.2. The van der Waals surface area contributed by atoms with Crippen LogP contribution in [0.25, 0.3) is 65.1 Å². The van der Waals surface area contributed by atoms with E-state index in [0.29, 0.717) is 0 Å². The van der Waals surface area contributed by atoms with Crippen LogP contribution in [-0.2, 0) is 5.41 Å². The van der Waals surface area contributed by atoms with E-state index in [0.717, 1.165) is 53.6 Å². The summed E-state index contributed by atoms with van der Waals surface area (Å²) in [6.07, 6.45) is 9.19.